The summed E-state index contributed by atoms with van der Waals surface area (Å²) in [5.41, 5.74) is 0.698. The fourth-order valence-electron chi connectivity index (χ4n) is 3.22. The number of aryl methyl sites for hydroxylation is 1. The maximum atomic E-state index is 13.1. The van der Waals surface area contributed by atoms with Crippen LogP contribution in [0.2, 0.25) is 0 Å². The summed E-state index contributed by atoms with van der Waals surface area (Å²) in [6, 6.07) is 0.126. The molecule has 7 heteroatoms. The maximum absolute atomic E-state index is 13.1. The molecule has 0 N–H and O–H groups in total. The highest BCUT2D eigenvalue weighted by atomic mass is 32.2. The van der Waals surface area contributed by atoms with Crippen molar-refractivity contribution in [3.63, 3.8) is 0 Å². The first-order valence-corrected chi connectivity index (χ1v) is 9.36. The second kappa shape index (κ2) is 6.68. The van der Waals surface area contributed by atoms with Gasteiger partial charge in [-0.25, -0.2) is 8.42 Å². The molecule has 0 spiro atoms. The van der Waals surface area contributed by atoms with E-state index in [1.807, 2.05) is 27.9 Å². The summed E-state index contributed by atoms with van der Waals surface area (Å²) in [6.07, 6.45) is 5.32. The van der Waals surface area contributed by atoms with E-state index in [9.17, 15) is 8.42 Å². The first-order chi connectivity index (χ1) is 10.2. The lowest BCUT2D eigenvalue weighted by molar-refractivity contribution is 0.172. The quantitative estimate of drug-likeness (QED) is 0.824. The summed E-state index contributed by atoms with van der Waals surface area (Å²) in [4.78, 5) is 2.46. The molecule has 2 rings (SSSR count). The predicted molar refractivity (Wildman–Crippen MR) is 87.2 cm³/mol. The normalized spacial score (nSPS) is 24.1. The lowest BCUT2D eigenvalue weighted by Gasteiger charge is -2.39. The first-order valence-electron chi connectivity index (χ1n) is 7.92. The van der Waals surface area contributed by atoms with Crippen LogP contribution in [0.3, 0.4) is 0 Å². The van der Waals surface area contributed by atoms with Gasteiger partial charge >= 0.3 is 0 Å². The molecule has 1 aliphatic heterocycles. The zero-order valence-corrected chi connectivity index (χ0v) is 15.1. The molecule has 1 fully saturated rings. The van der Waals surface area contributed by atoms with Crippen molar-refractivity contribution in [1.82, 2.24) is 19.0 Å². The smallest absolute Gasteiger partial charge is 0.246 e. The van der Waals surface area contributed by atoms with Crippen molar-refractivity contribution in [3.8, 4) is 0 Å². The van der Waals surface area contributed by atoms with E-state index in [0.29, 0.717) is 10.6 Å². The highest BCUT2D eigenvalue weighted by Gasteiger charge is 2.39. The topological polar surface area (TPSA) is 58.4 Å². The van der Waals surface area contributed by atoms with Crippen LogP contribution in [0.25, 0.3) is 0 Å². The van der Waals surface area contributed by atoms with Crippen LogP contribution in [-0.2, 0) is 17.1 Å². The van der Waals surface area contributed by atoms with Crippen molar-refractivity contribution in [2.24, 2.45) is 7.05 Å². The van der Waals surface area contributed by atoms with Gasteiger partial charge in [0.05, 0.1) is 11.9 Å². The van der Waals surface area contributed by atoms with Gasteiger partial charge in [0.1, 0.15) is 4.90 Å². The lowest BCUT2D eigenvalue weighted by atomic mass is 9.97. The Morgan fingerprint density at radius 3 is 2.59 bits per heavy atom. The zero-order chi connectivity index (χ0) is 16.5. The number of piperidine rings is 1. The second-order valence-corrected chi connectivity index (χ2v) is 8.39. The third-order valence-corrected chi connectivity index (χ3v) is 6.78. The Kier molecular flexibility index (Phi) is 5.29. The molecule has 0 radical (unpaired) electrons. The van der Waals surface area contributed by atoms with Gasteiger partial charge < -0.3 is 4.90 Å². The van der Waals surface area contributed by atoms with E-state index in [0.717, 1.165) is 32.2 Å². The first kappa shape index (κ1) is 17.4. The summed E-state index contributed by atoms with van der Waals surface area (Å²) in [7, 11) is 2.34. The van der Waals surface area contributed by atoms with E-state index < -0.39 is 10.0 Å². The second-order valence-electron chi connectivity index (χ2n) is 6.58. The molecule has 6 nitrogen and oxygen atoms in total. The van der Waals surface area contributed by atoms with E-state index in [1.54, 1.807) is 16.0 Å². The largest absolute Gasteiger partial charge is 0.309 e. The predicted octanol–water partition coefficient (Wildman–Crippen LogP) is 1.61. The van der Waals surface area contributed by atoms with Crippen molar-refractivity contribution >= 4 is 10.0 Å². The SMILES string of the molecule is Cc1c(S(=O)(=O)N2C(C)CCCC2CCN(C)C)cnn1C. The molecule has 0 saturated carbocycles. The van der Waals surface area contributed by atoms with E-state index in [-0.39, 0.29) is 12.1 Å². The Labute approximate surface area is 134 Å². The van der Waals surface area contributed by atoms with Gasteiger partial charge in [-0.2, -0.15) is 9.40 Å². The number of sulfonamides is 1. The summed E-state index contributed by atoms with van der Waals surface area (Å²) in [5.74, 6) is 0. The summed E-state index contributed by atoms with van der Waals surface area (Å²) in [5, 5.41) is 4.10. The molecule has 126 valence electrons. The zero-order valence-electron chi connectivity index (χ0n) is 14.3. The van der Waals surface area contributed by atoms with E-state index in [1.165, 1.54) is 6.20 Å². The minimum atomic E-state index is -3.49. The van der Waals surface area contributed by atoms with Crippen molar-refractivity contribution in [3.05, 3.63) is 11.9 Å². The van der Waals surface area contributed by atoms with Crippen molar-refractivity contribution in [2.45, 2.75) is 56.5 Å². The standard InChI is InChI=1S/C15H28N4O2S/c1-12-7-6-8-14(9-10-17(3)4)19(12)22(20,21)15-11-16-18(5)13(15)2/h11-12,14H,6-10H2,1-5H3. The van der Waals surface area contributed by atoms with Gasteiger partial charge in [-0.1, -0.05) is 6.42 Å². The Hall–Kier alpha value is -0.920. The van der Waals surface area contributed by atoms with E-state index in [4.69, 9.17) is 0 Å². The molecule has 1 aliphatic rings. The molecule has 22 heavy (non-hydrogen) atoms. The van der Waals surface area contributed by atoms with Crippen LogP contribution in [0.1, 0.15) is 38.3 Å². The van der Waals surface area contributed by atoms with Crippen molar-refractivity contribution in [1.29, 1.82) is 0 Å². The minimum Gasteiger partial charge on any atom is -0.309 e. The van der Waals surface area contributed by atoms with Gasteiger partial charge in [0.25, 0.3) is 0 Å². The monoisotopic (exact) mass is 328 g/mol. The van der Waals surface area contributed by atoms with Crippen molar-refractivity contribution < 1.29 is 8.42 Å². The molecule has 0 aromatic carbocycles. The van der Waals surface area contributed by atoms with Crippen LogP contribution in [-0.4, -0.2) is 60.1 Å². The van der Waals surface area contributed by atoms with Gasteiger partial charge in [0, 0.05) is 19.1 Å². The fourth-order valence-corrected chi connectivity index (χ4v) is 5.32. The molecule has 0 amide bonds. The van der Waals surface area contributed by atoms with E-state index >= 15 is 0 Å². The van der Waals surface area contributed by atoms with Crippen LogP contribution in [0, 0.1) is 6.92 Å². The average molecular weight is 328 g/mol. The van der Waals surface area contributed by atoms with Gasteiger partial charge in [0.15, 0.2) is 0 Å². The number of hydrogen-bond donors (Lipinski definition) is 0. The number of rotatable bonds is 5. The van der Waals surface area contributed by atoms with Crippen LogP contribution in [0.15, 0.2) is 11.1 Å². The van der Waals surface area contributed by atoms with E-state index in [2.05, 4.69) is 10.00 Å². The molecule has 2 heterocycles. The molecule has 1 aromatic rings. The molecular formula is C15H28N4O2S. The van der Waals surface area contributed by atoms with Gasteiger partial charge in [0.2, 0.25) is 10.0 Å². The molecule has 2 atom stereocenters. The summed E-state index contributed by atoms with van der Waals surface area (Å²) < 4.78 is 29.7. The third-order valence-electron chi connectivity index (χ3n) is 4.61. The number of hydrogen-bond acceptors (Lipinski definition) is 4. The Morgan fingerprint density at radius 2 is 2.05 bits per heavy atom. The van der Waals surface area contributed by atoms with Crippen LogP contribution in [0.4, 0.5) is 0 Å². The Morgan fingerprint density at radius 1 is 1.36 bits per heavy atom. The molecule has 2 unspecified atom stereocenters. The lowest BCUT2D eigenvalue weighted by Crippen LogP contribution is -2.49. The van der Waals surface area contributed by atoms with Crippen LogP contribution >= 0.6 is 0 Å². The van der Waals surface area contributed by atoms with Crippen LogP contribution < -0.4 is 0 Å². The van der Waals surface area contributed by atoms with Crippen LogP contribution in [0.5, 0.6) is 0 Å². The third kappa shape index (κ3) is 3.36. The molecule has 1 saturated heterocycles. The Bertz CT molecular complexity index is 609. The molecule has 0 bridgehead atoms. The van der Waals surface area contributed by atoms with Gasteiger partial charge in [-0.05, 0) is 53.8 Å². The average Bonchev–Trinajstić information content (AvgIpc) is 2.77. The number of nitrogens with zero attached hydrogens (tertiary/aromatic N) is 4. The fraction of sp³-hybridized carbons (Fsp3) is 0.800. The van der Waals surface area contributed by atoms with Crippen molar-refractivity contribution in [2.75, 3.05) is 20.6 Å². The Balaban J connectivity index is 2.33. The number of aromatic nitrogens is 2. The summed E-state index contributed by atoms with van der Waals surface area (Å²) >= 11 is 0. The highest BCUT2D eigenvalue weighted by molar-refractivity contribution is 7.89. The van der Waals surface area contributed by atoms with Gasteiger partial charge in [-0.15, -0.1) is 0 Å². The molecular weight excluding hydrogens is 300 g/mol. The summed E-state index contributed by atoms with van der Waals surface area (Å²) in [6.45, 7) is 4.73. The molecule has 0 aliphatic carbocycles. The van der Waals surface area contributed by atoms with Gasteiger partial charge in [-0.3, -0.25) is 4.68 Å². The highest BCUT2D eigenvalue weighted by Crippen LogP contribution is 2.32. The molecule has 1 aromatic heterocycles. The minimum absolute atomic E-state index is 0.0468. The maximum Gasteiger partial charge on any atom is 0.246 e.